The first-order valence-corrected chi connectivity index (χ1v) is 12.3. The Labute approximate surface area is 208 Å². The molecule has 4 N–H and O–H groups in total. The van der Waals surface area contributed by atoms with Gasteiger partial charge in [-0.15, -0.1) is 0 Å². The molecule has 9 heteroatoms. The molecule has 196 valence electrons. The molecule has 0 spiro atoms. The molecule has 0 radical (unpaired) electrons. The maximum absolute atomic E-state index is 13.8. The summed E-state index contributed by atoms with van der Waals surface area (Å²) >= 11 is 0. The van der Waals surface area contributed by atoms with Gasteiger partial charge in [0.15, 0.2) is 0 Å². The number of nitrogens with one attached hydrogen (secondary N) is 2. The lowest BCUT2D eigenvalue weighted by Gasteiger charge is -2.43. The molecule has 9 nitrogen and oxygen atoms in total. The van der Waals surface area contributed by atoms with Crippen LogP contribution in [0.3, 0.4) is 0 Å². The summed E-state index contributed by atoms with van der Waals surface area (Å²) in [5, 5.41) is 25.6. The molecule has 2 atom stereocenters. The van der Waals surface area contributed by atoms with E-state index in [4.69, 9.17) is 4.74 Å². The topological polar surface area (TPSA) is 128 Å². The van der Waals surface area contributed by atoms with Gasteiger partial charge in [0.2, 0.25) is 11.8 Å². The number of carbonyl (C=O) groups is 3. The summed E-state index contributed by atoms with van der Waals surface area (Å²) in [6.07, 6.45) is 4.05. The molecule has 0 aliphatic heterocycles. The van der Waals surface area contributed by atoms with E-state index < -0.39 is 41.8 Å². The number of amides is 3. The molecule has 0 saturated heterocycles. The van der Waals surface area contributed by atoms with E-state index in [-0.39, 0.29) is 17.7 Å². The summed E-state index contributed by atoms with van der Waals surface area (Å²) in [7, 11) is 0. The van der Waals surface area contributed by atoms with Gasteiger partial charge >= 0.3 is 6.09 Å². The largest absolute Gasteiger partial charge is 0.508 e. The van der Waals surface area contributed by atoms with Gasteiger partial charge < -0.3 is 30.5 Å². The van der Waals surface area contributed by atoms with Crippen molar-refractivity contribution in [1.82, 2.24) is 15.5 Å². The molecular formula is C26H41N3O6. The second-order valence-electron chi connectivity index (χ2n) is 11.1. The van der Waals surface area contributed by atoms with Crippen molar-refractivity contribution in [2.75, 3.05) is 6.61 Å². The highest BCUT2D eigenvalue weighted by atomic mass is 16.6. The Kier molecular flexibility index (Phi) is 9.54. The first-order chi connectivity index (χ1) is 16.2. The van der Waals surface area contributed by atoms with Crippen LogP contribution in [0, 0.1) is 0 Å². The number of benzene rings is 1. The first-order valence-electron chi connectivity index (χ1n) is 12.3. The third kappa shape index (κ3) is 8.42. The van der Waals surface area contributed by atoms with Crippen molar-refractivity contribution >= 4 is 17.9 Å². The van der Waals surface area contributed by atoms with Crippen molar-refractivity contribution in [2.45, 2.75) is 103 Å². The number of phenols is 1. The number of rotatable bonds is 7. The monoisotopic (exact) mass is 491 g/mol. The quantitative estimate of drug-likeness (QED) is 0.463. The van der Waals surface area contributed by atoms with Crippen LogP contribution in [0.2, 0.25) is 0 Å². The molecule has 2 unspecified atom stereocenters. The summed E-state index contributed by atoms with van der Waals surface area (Å²) in [6, 6.07) is 3.81. The van der Waals surface area contributed by atoms with Crippen molar-refractivity contribution in [2.24, 2.45) is 0 Å². The number of hydrogen-bond donors (Lipinski definition) is 4. The highest BCUT2D eigenvalue weighted by Crippen LogP contribution is 2.32. The molecule has 0 heterocycles. The number of ether oxygens (including phenoxy) is 1. The van der Waals surface area contributed by atoms with Crippen LogP contribution in [-0.2, 0) is 14.3 Å². The van der Waals surface area contributed by atoms with Gasteiger partial charge in [-0.2, -0.15) is 0 Å². The third-order valence-electron chi connectivity index (χ3n) is 5.78. The minimum absolute atomic E-state index is 0.00140. The standard InChI is InChI=1S/C26H41N3O6/c1-25(2,3)29(23(33)20(16-30)28-24(34)35-26(4,5)6)21(17-11-10-14-19(31)15-17)22(32)27-18-12-8-7-9-13-18/h10-11,14-15,18,20-21,30-31H,7-9,12-13,16H2,1-6H3,(H,27,32)(H,28,34). The number of aromatic hydroxyl groups is 1. The van der Waals surface area contributed by atoms with E-state index >= 15 is 0 Å². The van der Waals surface area contributed by atoms with Crippen molar-refractivity contribution in [3.05, 3.63) is 29.8 Å². The number of hydrogen-bond acceptors (Lipinski definition) is 6. The van der Waals surface area contributed by atoms with Gasteiger partial charge in [-0.1, -0.05) is 31.4 Å². The smallest absolute Gasteiger partial charge is 0.408 e. The van der Waals surface area contributed by atoms with Gasteiger partial charge in [-0.05, 0) is 72.1 Å². The number of phenolic OH excluding ortho intramolecular Hbond substituents is 1. The molecule has 0 aromatic heterocycles. The van der Waals surface area contributed by atoms with Gasteiger partial charge in [-0.3, -0.25) is 9.59 Å². The molecular weight excluding hydrogens is 450 g/mol. The molecule has 3 amide bonds. The second kappa shape index (κ2) is 11.7. The Morgan fingerprint density at radius 1 is 1.09 bits per heavy atom. The van der Waals surface area contributed by atoms with Crippen LogP contribution < -0.4 is 10.6 Å². The van der Waals surface area contributed by atoms with E-state index in [1.165, 1.54) is 17.0 Å². The van der Waals surface area contributed by atoms with Gasteiger partial charge in [0, 0.05) is 11.6 Å². The highest BCUT2D eigenvalue weighted by Gasteiger charge is 2.42. The SMILES string of the molecule is CC(C)(C)OC(=O)NC(CO)C(=O)N(C(C(=O)NC1CCCCC1)c1cccc(O)c1)C(C)(C)C. The minimum Gasteiger partial charge on any atom is -0.508 e. The van der Waals surface area contributed by atoms with Crippen LogP contribution in [0.25, 0.3) is 0 Å². The van der Waals surface area contributed by atoms with E-state index in [9.17, 15) is 24.6 Å². The van der Waals surface area contributed by atoms with Crippen LogP contribution in [0.4, 0.5) is 4.79 Å². The van der Waals surface area contributed by atoms with Crippen molar-refractivity contribution in [3.63, 3.8) is 0 Å². The van der Waals surface area contributed by atoms with Gasteiger partial charge in [-0.25, -0.2) is 4.79 Å². The van der Waals surface area contributed by atoms with E-state index in [2.05, 4.69) is 10.6 Å². The predicted octanol–water partition coefficient (Wildman–Crippen LogP) is 3.39. The average molecular weight is 492 g/mol. The molecule has 1 aromatic carbocycles. The van der Waals surface area contributed by atoms with E-state index in [1.807, 2.05) is 0 Å². The summed E-state index contributed by atoms with van der Waals surface area (Å²) < 4.78 is 5.25. The average Bonchev–Trinajstić information content (AvgIpc) is 2.73. The van der Waals surface area contributed by atoms with Crippen LogP contribution in [0.15, 0.2) is 24.3 Å². The number of alkyl carbamates (subject to hydrolysis) is 1. The lowest BCUT2D eigenvalue weighted by molar-refractivity contribution is -0.149. The zero-order valence-corrected chi connectivity index (χ0v) is 21.8. The number of nitrogens with zero attached hydrogens (tertiary/aromatic N) is 1. The third-order valence-corrected chi connectivity index (χ3v) is 5.78. The van der Waals surface area contributed by atoms with Crippen molar-refractivity contribution in [3.8, 4) is 5.75 Å². The zero-order chi connectivity index (χ0) is 26.4. The molecule has 35 heavy (non-hydrogen) atoms. The number of aliphatic hydroxyl groups is 1. The van der Waals surface area contributed by atoms with Crippen LogP contribution >= 0.6 is 0 Å². The molecule has 1 aliphatic rings. The van der Waals surface area contributed by atoms with Crippen LogP contribution in [0.5, 0.6) is 5.75 Å². The molecule has 1 aliphatic carbocycles. The highest BCUT2D eigenvalue weighted by molar-refractivity contribution is 5.92. The fourth-order valence-corrected chi connectivity index (χ4v) is 4.29. The Morgan fingerprint density at radius 3 is 2.23 bits per heavy atom. The Bertz CT molecular complexity index is 884. The molecule has 2 rings (SSSR count). The molecule has 0 bridgehead atoms. The van der Waals surface area contributed by atoms with Gasteiger partial charge in [0.1, 0.15) is 23.4 Å². The fourth-order valence-electron chi connectivity index (χ4n) is 4.29. The van der Waals surface area contributed by atoms with E-state index in [1.54, 1.807) is 53.7 Å². The Hall–Kier alpha value is -2.81. The predicted molar refractivity (Wildman–Crippen MR) is 133 cm³/mol. The second-order valence-corrected chi connectivity index (χ2v) is 11.1. The maximum Gasteiger partial charge on any atom is 0.408 e. The zero-order valence-electron chi connectivity index (χ0n) is 21.8. The lowest BCUT2D eigenvalue weighted by atomic mass is 9.93. The van der Waals surface area contributed by atoms with Crippen LogP contribution in [-0.4, -0.2) is 62.9 Å². The lowest BCUT2D eigenvalue weighted by Crippen LogP contribution is -2.60. The summed E-state index contributed by atoms with van der Waals surface area (Å²) in [5.41, 5.74) is -1.24. The molecule has 1 fully saturated rings. The van der Waals surface area contributed by atoms with Crippen LogP contribution in [0.1, 0.15) is 85.3 Å². The summed E-state index contributed by atoms with van der Waals surface area (Å²) in [4.78, 5) is 41.2. The van der Waals surface area contributed by atoms with Gasteiger partial charge in [0.05, 0.1) is 6.61 Å². The Balaban J connectivity index is 2.44. The normalized spacial score (nSPS) is 16.7. The summed E-state index contributed by atoms with van der Waals surface area (Å²) in [5.74, 6) is -1.05. The number of carbonyl (C=O) groups excluding carboxylic acids is 3. The maximum atomic E-state index is 13.8. The Morgan fingerprint density at radius 2 is 1.71 bits per heavy atom. The van der Waals surface area contributed by atoms with E-state index in [0.717, 1.165) is 32.1 Å². The number of aliphatic hydroxyl groups excluding tert-OH is 1. The first kappa shape index (κ1) is 28.4. The fraction of sp³-hybridized carbons (Fsp3) is 0.654. The van der Waals surface area contributed by atoms with Crippen molar-refractivity contribution in [1.29, 1.82) is 0 Å². The van der Waals surface area contributed by atoms with Gasteiger partial charge in [0.25, 0.3) is 0 Å². The summed E-state index contributed by atoms with van der Waals surface area (Å²) in [6.45, 7) is 9.72. The molecule has 1 aromatic rings. The minimum atomic E-state index is -1.33. The van der Waals surface area contributed by atoms with Crippen molar-refractivity contribution < 1.29 is 29.3 Å². The molecule has 1 saturated carbocycles. The van der Waals surface area contributed by atoms with E-state index in [0.29, 0.717) is 5.56 Å².